The highest BCUT2D eigenvalue weighted by Gasteiger charge is 2.14. The third-order valence-corrected chi connectivity index (χ3v) is 2.83. The molecular weight excluding hydrogens is 268 g/mol. The molecule has 21 heavy (non-hydrogen) atoms. The normalized spacial score (nSPS) is 9.52. The zero-order chi connectivity index (χ0) is 15.2. The number of methoxy groups -OCH3 is 1. The molecule has 5 heteroatoms. The number of nitriles is 1. The van der Waals surface area contributed by atoms with Gasteiger partial charge in [-0.3, -0.25) is 4.79 Å². The fraction of sp³-hybridized carbons (Fsp3) is 0.0625. The lowest BCUT2D eigenvalue weighted by Gasteiger charge is -2.09. The maximum absolute atomic E-state index is 12.2. The van der Waals surface area contributed by atoms with Gasteiger partial charge in [-0.05, 0) is 30.3 Å². The first-order valence-electron chi connectivity index (χ1n) is 6.14. The largest absolute Gasteiger partial charge is 0.465 e. The molecule has 2 rings (SSSR count). The second kappa shape index (κ2) is 6.35. The molecule has 0 heterocycles. The number of amides is 1. The molecule has 0 bridgehead atoms. The van der Waals surface area contributed by atoms with Crippen molar-refractivity contribution in [3.63, 3.8) is 0 Å². The molecule has 0 saturated carbocycles. The molecule has 0 radical (unpaired) electrons. The first-order valence-corrected chi connectivity index (χ1v) is 6.14. The Labute approximate surface area is 121 Å². The van der Waals surface area contributed by atoms with Crippen LogP contribution in [0.5, 0.6) is 0 Å². The minimum atomic E-state index is -0.531. The molecule has 1 amide bonds. The Morgan fingerprint density at radius 3 is 2.62 bits per heavy atom. The van der Waals surface area contributed by atoms with Crippen molar-refractivity contribution < 1.29 is 14.3 Å². The van der Waals surface area contributed by atoms with Crippen LogP contribution in [-0.4, -0.2) is 19.0 Å². The summed E-state index contributed by atoms with van der Waals surface area (Å²) in [7, 11) is 1.28. The van der Waals surface area contributed by atoms with Crippen molar-refractivity contribution in [3.8, 4) is 6.07 Å². The van der Waals surface area contributed by atoms with E-state index in [0.717, 1.165) is 0 Å². The van der Waals surface area contributed by atoms with Crippen LogP contribution in [0.2, 0.25) is 0 Å². The van der Waals surface area contributed by atoms with Gasteiger partial charge in [-0.1, -0.05) is 18.2 Å². The predicted molar refractivity (Wildman–Crippen MR) is 76.9 cm³/mol. The van der Waals surface area contributed by atoms with Gasteiger partial charge in [0.05, 0.1) is 30.0 Å². The van der Waals surface area contributed by atoms with Gasteiger partial charge in [0.1, 0.15) is 0 Å². The van der Waals surface area contributed by atoms with Gasteiger partial charge in [0.25, 0.3) is 5.91 Å². The Morgan fingerprint density at radius 2 is 1.90 bits per heavy atom. The molecule has 0 aliphatic rings. The minimum absolute atomic E-state index is 0.268. The Bertz CT molecular complexity index is 732. The summed E-state index contributed by atoms with van der Waals surface area (Å²) in [5.41, 5.74) is 1.36. The second-order valence-electron chi connectivity index (χ2n) is 4.18. The van der Waals surface area contributed by atoms with Crippen molar-refractivity contribution in [2.24, 2.45) is 0 Å². The first kappa shape index (κ1) is 14.3. The molecule has 2 aromatic rings. The topological polar surface area (TPSA) is 79.2 Å². The Hall–Kier alpha value is -3.13. The molecule has 0 aliphatic carbocycles. The quantitative estimate of drug-likeness (QED) is 0.876. The molecule has 2 aromatic carbocycles. The Balaban J connectivity index is 2.28. The molecule has 104 valence electrons. The van der Waals surface area contributed by atoms with Crippen molar-refractivity contribution >= 4 is 17.6 Å². The highest BCUT2D eigenvalue weighted by atomic mass is 16.5. The van der Waals surface area contributed by atoms with Crippen LogP contribution in [0.3, 0.4) is 0 Å². The van der Waals surface area contributed by atoms with Gasteiger partial charge in [-0.15, -0.1) is 0 Å². The maximum Gasteiger partial charge on any atom is 0.339 e. The lowest BCUT2D eigenvalue weighted by atomic mass is 10.1. The van der Waals surface area contributed by atoms with E-state index in [1.807, 2.05) is 6.07 Å². The average Bonchev–Trinajstić information content (AvgIpc) is 2.54. The standard InChI is InChI=1S/C16H12N2O3/c1-21-16(20)13-7-2-3-8-14(13)18-15(19)12-6-4-5-11(9-12)10-17/h2-9H,1H3,(H,18,19). The molecule has 1 N–H and O–H groups in total. The molecule has 0 spiro atoms. The van der Waals surface area contributed by atoms with E-state index < -0.39 is 11.9 Å². The summed E-state index contributed by atoms with van der Waals surface area (Å²) >= 11 is 0. The van der Waals surface area contributed by atoms with Gasteiger partial charge in [0, 0.05) is 5.56 Å². The van der Waals surface area contributed by atoms with Gasteiger partial charge in [-0.25, -0.2) is 4.79 Å². The van der Waals surface area contributed by atoms with Crippen LogP contribution >= 0.6 is 0 Å². The number of hydrogen-bond donors (Lipinski definition) is 1. The van der Waals surface area contributed by atoms with Crippen LogP contribution in [0, 0.1) is 11.3 Å². The monoisotopic (exact) mass is 280 g/mol. The van der Waals surface area contributed by atoms with E-state index in [-0.39, 0.29) is 5.56 Å². The fourth-order valence-electron chi connectivity index (χ4n) is 1.80. The summed E-state index contributed by atoms with van der Waals surface area (Å²) < 4.78 is 4.67. The third-order valence-electron chi connectivity index (χ3n) is 2.83. The SMILES string of the molecule is COC(=O)c1ccccc1NC(=O)c1cccc(C#N)c1. The van der Waals surface area contributed by atoms with Crippen LogP contribution < -0.4 is 5.32 Å². The second-order valence-corrected chi connectivity index (χ2v) is 4.18. The van der Waals surface area contributed by atoms with E-state index in [2.05, 4.69) is 10.1 Å². The number of carbonyl (C=O) groups is 2. The highest BCUT2D eigenvalue weighted by molar-refractivity contribution is 6.08. The zero-order valence-electron chi connectivity index (χ0n) is 11.3. The van der Waals surface area contributed by atoms with Gasteiger partial charge >= 0.3 is 5.97 Å². The molecular formula is C16H12N2O3. The van der Waals surface area contributed by atoms with E-state index in [4.69, 9.17) is 5.26 Å². The van der Waals surface area contributed by atoms with E-state index >= 15 is 0 Å². The van der Waals surface area contributed by atoms with Crippen molar-refractivity contribution in [2.45, 2.75) is 0 Å². The average molecular weight is 280 g/mol. The molecule has 0 aromatic heterocycles. The Morgan fingerprint density at radius 1 is 1.14 bits per heavy atom. The molecule has 0 unspecified atom stereocenters. The number of hydrogen-bond acceptors (Lipinski definition) is 4. The number of para-hydroxylation sites is 1. The highest BCUT2D eigenvalue weighted by Crippen LogP contribution is 2.17. The molecule has 5 nitrogen and oxygen atoms in total. The number of carbonyl (C=O) groups excluding carboxylic acids is 2. The van der Waals surface area contributed by atoms with Crippen molar-refractivity contribution in [1.29, 1.82) is 5.26 Å². The fourth-order valence-corrected chi connectivity index (χ4v) is 1.80. The molecule has 0 atom stereocenters. The number of rotatable bonds is 3. The first-order chi connectivity index (χ1) is 10.2. The number of nitrogens with one attached hydrogen (secondary N) is 1. The predicted octanol–water partition coefficient (Wildman–Crippen LogP) is 2.60. The van der Waals surface area contributed by atoms with E-state index in [1.54, 1.807) is 42.5 Å². The lowest BCUT2D eigenvalue weighted by Crippen LogP contribution is -2.15. The van der Waals surface area contributed by atoms with Gasteiger partial charge < -0.3 is 10.1 Å². The van der Waals surface area contributed by atoms with Crippen LogP contribution in [-0.2, 0) is 4.74 Å². The summed E-state index contributed by atoms with van der Waals surface area (Å²) in [6, 6.07) is 14.8. The Kier molecular flexibility index (Phi) is 4.32. The number of ether oxygens (including phenoxy) is 1. The smallest absolute Gasteiger partial charge is 0.339 e. The van der Waals surface area contributed by atoms with E-state index in [1.165, 1.54) is 13.2 Å². The molecule has 0 fully saturated rings. The van der Waals surface area contributed by atoms with Crippen LogP contribution in [0.15, 0.2) is 48.5 Å². The number of nitrogens with zero attached hydrogens (tertiary/aromatic N) is 1. The zero-order valence-corrected chi connectivity index (χ0v) is 11.3. The summed E-state index contributed by atoms with van der Waals surface area (Å²) in [4.78, 5) is 23.8. The summed E-state index contributed by atoms with van der Waals surface area (Å²) in [5, 5.41) is 11.5. The van der Waals surface area contributed by atoms with E-state index in [0.29, 0.717) is 16.8 Å². The summed E-state index contributed by atoms with van der Waals surface area (Å²) in [5.74, 6) is -0.930. The number of benzene rings is 2. The van der Waals surface area contributed by atoms with Crippen molar-refractivity contribution in [1.82, 2.24) is 0 Å². The number of esters is 1. The minimum Gasteiger partial charge on any atom is -0.465 e. The van der Waals surface area contributed by atoms with Crippen LogP contribution in [0.1, 0.15) is 26.3 Å². The third kappa shape index (κ3) is 3.25. The molecule has 0 saturated heterocycles. The van der Waals surface area contributed by atoms with Gasteiger partial charge in [0.2, 0.25) is 0 Å². The number of anilines is 1. The van der Waals surface area contributed by atoms with Crippen LogP contribution in [0.25, 0.3) is 0 Å². The van der Waals surface area contributed by atoms with Gasteiger partial charge in [-0.2, -0.15) is 5.26 Å². The van der Waals surface area contributed by atoms with Crippen LogP contribution in [0.4, 0.5) is 5.69 Å². The summed E-state index contributed by atoms with van der Waals surface area (Å²) in [6.45, 7) is 0. The van der Waals surface area contributed by atoms with E-state index in [9.17, 15) is 9.59 Å². The van der Waals surface area contributed by atoms with Gasteiger partial charge in [0.15, 0.2) is 0 Å². The van der Waals surface area contributed by atoms with Crippen molar-refractivity contribution in [3.05, 3.63) is 65.2 Å². The molecule has 0 aliphatic heterocycles. The summed E-state index contributed by atoms with van der Waals surface area (Å²) in [6.07, 6.45) is 0. The lowest BCUT2D eigenvalue weighted by molar-refractivity contribution is 0.0602. The van der Waals surface area contributed by atoms with Crippen molar-refractivity contribution in [2.75, 3.05) is 12.4 Å². The maximum atomic E-state index is 12.2.